The van der Waals surface area contributed by atoms with E-state index in [-0.39, 0.29) is 0 Å². The maximum atomic E-state index is 13.8. The lowest BCUT2D eigenvalue weighted by Crippen LogP contribution is -2.51. The van der Waals surface area contributed by atoms with E-state index in [4.69, 9.17) is 14.5 Å². The summed E-state index contributed by atoms with van der Waals surface area (Å²) in [6, 6.07) is 9.82. The molecule has 0 N–H and O–H groups in total. The number of para-hydroxylation sites is 2. The Hall–Kier alpha value is -2.84. The summed E-state index contributed by atoms with van der Waals surface area (Å²) in [4.78, 5) is 26.1. The van der Waals surface area contributed by atoms with Crippen LogP contribution in [-0.2, 0) is 9.47 Å². The maximum absolute atomic E-state index is 13.8. The minimum atomic E-state index is -1.16. The normalized spacial score (nSPS) is 16.5. The number of thiophene rings is 1. The number of aryl methyl sites for hydroxylation is 1. The van der Waals surface area contributed by atoms with Gasteiger partial charge in [0.2, 0.25) is 5.79 Å². The number of nitrogens with zero attached hydrogens (tertiary/aromatic N) is 4. The van der Waals surface area contributed by atoms with Gasteiger partial charge in [-0.25, -0.2) is 14.7 Å². The molecule has 1 saturated heterocycles. The summed E-state index contributed by atoms with van der Waals surface area (Å²) in [5.74, 6) is 0.216. The monoisotopic (exact) mass is 468 g/mol. The van der Waals surface area contributed by atoms with Gasteiger partial charge in [0.15, 0.2) is 0 Å². The number of piperazine rings is 1. The summed E-state index contributed by atoms with van der Waals surface area (Å²) in [5.41, 5.74) is 1.43. The second-order valence-corrected chi connectivity index (χ2v) is 10.1. The molecular weight excluding hydrogens is 436 g/mol. The van der Waals surface area contributed by atoms with E-state index in [0.717, 1.165) is 52.5 Å². The quantitative estimate of drug-likeness (QED) is 0.491. The first-order chi connectivity index (χ1) is 15.7. The number of rotatable bonds is 5. The third-order valence-electron chi connectivity index (χ3n) is 5.74. The van der Waals surface area contributed by atoms with Crippen LogP contribution in [0.25, 0.3) is 5.82 Å². The molecule has 0 bridgehead atoms. The van der Waals surface area contributed by atoms with Gasteiger partial charge in [-0.3, -0.25) is 0 Å². The molecule has 8 heteroatoms. The van der Waals surface area contributed by atoms with Crippen LogP contribution >= 0.6 is 11.3 Å². The molecule has 176 valence electrons. The largest absolute Gasteiger partial charge is 0.458 e. The molecule has 0 spiro atoms. The molecule has 4 rings (SSSR count). The third kappa shape index (κ3) is 4.91. The number of benzene rings is 1. The van der Waals surface area contributed by atoms with Crippen LogP contribution in [0.4, 0.5) is 16.2 Å². The minimum Gasteiger partial charge on any atom is -0.458 e. The highest BCUT2D eigenvalue weighted by Gasteiger charge is 2.36. The first-order valence-corrected chi connectivity index (χ1v) is 12.1. The second kappa shape index (κ2) is 9.19. The van der Waals surface area contributed by atoms with E-state index in [0.29, 0.717) is 17.9 Å². The van der Waals surface area contributed by atoms with Crippen molar-refractivity contribution in [3.63, 3.8) is 0 Å². The molecule has 1 fully saturated rings. The van der Waals surface area contributed by atoms with Gasteiger partial charge in [0.1, 0.15) is 10.5 Å². The van der Waals surface area contributed by atoms with Gasteiger partial charge in [0.25, 0.3) is 0 Å². The molecule has 0 aliphatic carbocycles. The Morgan fingerprint density at radius 1 is 1.18 bits per heavy atom. The van der Waals surface area contributed by atoms with Crippen LogP contribution in [0.15, 0.2) is 47.7 Å². The van der Waals surface area contributed by atoms with Crippen LogP contribution in [0.3, 0.4) is 0 Å². The number of anilines is 1. The fourth-order valence-electron chi connectivity index (χ4n) is 4.05. The Bertz CT molecular complexity index is 1180. The molecule has 1 aromatic carbocycles. The molecule has 2 aromatic rings. The second-order valence-electron chi connectivity index (χ2n) is 8.89. The van der Waals surface area contributed by atoms with Crippen molar-refractivity contribution in [1.29, 1.82) is 0 Å². The number of carbonyl (C=O) groups is 1. The van der Waals surface area contributed by atoms with Crippen LogP contribution in [0.1, 0.15) is 32.1 Å². The SMILES string of the molecule is C=C(CC)OC(C)(C)OC(=O)N1C(N2CCN(C)CC2)=c2cc(C)sc2=Nc2ccccc21. The van der Waals surface area contributed by atoms with E-state index in [1.54, 1.807) is 30.1 Å². The summed E-state index contributed by atoms with van der Waals surface area (Å²) >= 11 is 1.63. The van der Waals surface area contributed by atoms with E-state index < -0.39 is 11.9 Å². The van der Waals surface area contributed by atoms with Gasteiger partial charge in [-0.15, -0.1) is 11.3 Å². The number of likely N-dealkylation sites (N-methyl/N-ethyl adjacent to an activating group) is 1. The van der Waals surface area contributed by atoms with Gasteiger partial charge >= 0.3 is 6.09 Å². The van der Waals surface area contributed by atoms with Crippen molar-refractivity contribution < 1.29 is 14.3 Å². The summed E-state index contributed by atoms with van der Waals surface area (Å²) in [6.07, 6.45) is 0.139. The molecular formula is C25H32N4O3S. The van der Waals surface area contributed by atoms with E-state index in [1.807, 2.05) is 31.2 Å². The van der Waals surface area contributed by atoms with Crippen LogP contribution < -0.4 is 14.8 Å². The first-order valence-electron chi connectivity index (χ1n) is 11.3. The molecule has 0 atom stereocenters. The van der Waals surface area contributed by atoms with Gasteiger partial charge in [-0.2, -0.15) is 0 Å². The van der Waals surface area contributed by atoms with E-state index in [9.17, 15) is 4.79 Å². The van der Waals surface area contributed by atoms with E-state index in [1.165, 1.54) is 0 Å². The lowest BCUT2D eigenvalue weighted by atomic mass is 10.2. The summed E-state index contributed by atoms with van der Waals surface area (Å²) < 4.78 is 12.7. The average Bonchev–Trinajstić information content (AvgIpc) is 3.05. The highest BCUT2D eigenvalue weighted by molar-refractivity contribution is 7.09. The molecule has 33 heavy (non-hydrogen) atoms. The number of hydrogen-bond donors (Lipinski definition) is 0. The Labute approximate surface area is 199 Å². The van der Waals surface area contributed by atoms with Crippen molar-refractivity contribution in [3.8, 4) is 0 Å². The van der Waals surface area contributed by atoms with Crippen LogP contribution in [-0.4, -0.2) is 54.9 Å². The van der Waals surface area contributed by atoms with Gasteiger partial charge < -0.3 is 19.3 Å². The minimum absolute atomic E-state index is 0.503. The number of amides is 1. The Morgan fingerprint density at radius 2 is 1.88 bits per heavy atom. The topological polar surface area (TPSA) is 57.6 Å². The number of carbonyl (C=O) groups excluding carboxylic acids is 1. The molecule has 1 aromatic heterocycles. The molecule has 3 heterocycles. The zero-order chi connectivity index (χ0) is 23.8. The smallest absolute Gasteiger partial charge is 0.423 e. The number of fused-ring (bicyclic) bond motifs is 2. The standard InChI is InChI=1S/C25H32N4O3S/c1-7-17(2)31-25(4,5)32-24(30)29-21-11-9-8-10-20(21)26-22-19(16-18(3)33-22)23(29)28-14-12-27(6)13-15-28/h8-11,16H,2,7,12-15H2,1,3-6H3. The van der Waals surface area contributed by atoms with Gasteiger partial charge in [0, 0.05) is 51.3 Å². The van der Waals surface area contributed by atoms with Crippen molar-refractivity contribution in [2.75, 3.05) is 38.1 Å². The van der Waals surface area contributed by atoms with Crippen molar-refractivity contribution in [3.05, 3.63) is 57.4 Å². The number of ether oxygens (including phenoxy) is 2. The lowest BCUT2D eigenvalue weighted by molar-refractivity contribution is -0.148. The maximum Gasteiger partial charge on any atom is 0.423 e. The Balaban J connectivity index is 1.85. The van der Waals surface area contributed by atoms with E-state index >= 15 is 0 Å². The molecule has 1 amide bonds. The van der Waals surface area contributed by atoms with Crippen LogP contribution in [0.2, 0.25) is 0 Å². The van der Waals surface area contributed by atoms with Gasteiger partial charge in [-0.1, -0.05) is 25.6 Å². The Morgan fingerprint density at radius 3 is 2.58 bits per heavy atom. The molecule has 0 saturated carbocycles. The lowest BCUT2D eigenvalue weighted by Gasteiger charge is -2.39. The zero-order valence-electron chi connectivity index (χ0n) is 20.1. The zero-order valence-corrected chi connectivity index (χ0v) is 20.9. The summed E-state index contributed by atoms with van der Waals surface area (Å²) in [7, 11) is 2.12. The summed E-state index contributed by atoms with van der Waals surface area (Å²) in [6.45, 7) is 14.8. The fourth-order valence-corrected chi connectivity index (χ4v) is 4.93. The van der Waals surface area contributed by atoms with Crippen LogP contribution in [0.5, 0.6) is 0 Å². The molecule has 7 nitrogen and oxygen atoms in total. The van der Waals surface area contributed by atoms with Crippen molar-refractivity contribution in [1.82, 2.24) is 9.80 Å². The molecule has 2 aliphatic rings. The first kappa shape index (κ1) is 23.3. The average molecular weight is 469 g/mol. The van der Waals surface area contributed by atoms with Gasteiger partial charge in [-0.05, 0) is 32.2 Å². The Kier molecular flexibility index (Phi) is 6.50. The van der Waals surface area contributed by atoms with Crippen molar-refractivity contribution in [2.45, 2.75) is 39.9 Å². The van der Waals surface area contributed by atoms with Gasteiger partial charge in [0.05, 0.1) is 22.4 Å². The highest BCUT2D eigenvalue weighted by atomic mass is 32.1. The van der Waals surface area contributed by atoms with Crippen molar-refractivity contribution >= 4 is 34.6 Å². The third-order valence-corrected chi connectivity index (χ3v) is 6.68. The van der Waals surface area contributed by atoms with E-state index in [2.05, 4.69) is 36.4 Å². The highest BCUT2D eigenvalue weighted by Crippen LogP contribution is 2.35. The molecule has 2 aliphatic heterocycles. The summed E-state index contributed by atoms with van der Waals surface area (Å²) in [5, 5.41) is 0.951. The predicted octanol–water partition coefficient (Wildman–Crippen LogP) is 3.95. The number of allylic oxidation sites excluding steroid dienone is 1. The number of hydrogen-bond acceptors (Lipinski definition) is 7. The fraction of sp³-hybridized carbons (Fsp3) is 0.440. The molecule has 0 radical (unpaired) electrons. The van der Waals surface area contributed by atoms with Crippen molar-refractivity contribution in [2.24, 2.45) is 4.99 Å². The molecule has 0 unspecified atom stereocenters. The van der Waals surface area contributed by atoms with Crippen LogP contribution in [0, 0.1) is 6.92 Å². The predicted molar refractivity (Wildman–Crippen MR) is 132 cm³/mol.